The van der Waals surface area contributed by atoms with Gasteiger partial charge >= 0.3 is 0 Å². The average Bonchev–Trinajstić information content (AvgIpc) is 2.22. The van der Waals surface area contributed by atoms with Crippen LogP contribution >= 0.6 is 0 Å². The maximum Gasteiger partial charge on any atom is 0.0480 e. The van der Waals surface area contributed by atoms with Gasteiger partial charge < -0.3 is 10.1 Å². The number of hydrogen-bond donors (Lipinski definition) is 1. The quantitative estimate of drug-likeness (QED) is 0.549. The zero-order chi connectivity index (χ0) is 10.6. The van der Waals surface area contributed by atoms with Crippen LogP contribution in [0, 0.1) is 0 Å². The summed E-state index contributed by atoms with van der Waals surface area (Å²) in [7, 11) is 2.05. The summed E-state index contributed by atoms with van der Waals surface area (Å²) in [6, 6.07) is 0.651. The molecule has 0 aliphatic heterocycles. The van der Waals surface area contributed by atoms with Gasteiger partial charge in [0.15, 0.2) is 0 Å². The first-order valence-electron chi connectivity index (χ1n) is 6.10. The zero-order valence-electron chi connectivity index (χ0n) is 10.1. The molecule has 1 unspecified atom stereocenters. The van der Waals surface area contributed by atoms with Crippen molar-refractivity contribution in [2.45, 2.75) is 58.4 Å². The highest BCUT2D eigenvalue weighted by Gasteiger charge is 2.04. The lowest BCUT2D eigenvalue weighted by Gasteiger charge is -2.15. The molecule has 0 aromatic rings. The van der Waals surface area contributed by atoms with Crippen LogP contribution in [0.25, 0.3) is 0 Å². The Hall–Kier alpha value is -0.0800. The number of ether oxygens (including phenoxy) is 1. The molecule has 0 saturated heterocycles. The zero-order valence-corrected chi connectivity index (χ0v) is 10.1. The van der Waals surface area contributed by atoms with Crippen molar-refractivity contribution in [3.63, 3.8) is 0 Å². The normalized spacial score (nSPS) is 13.1. The Kier molecular flexibility index (Phi) is 10.9. The smallest absolute Gasteiger partial charge is 0.0480 e. The first-order valence-corrected chi connectivity index (χ1v) is 6.10. The lowest BCUT2D eigenvalue weighted by molar-refractivity contribution is 0.124. The van der Waals surface area contributed by atoms with Crippen molar-refractivity contribution in [1.29, 1.82) is 0 Å². The topological polar surface area (TPSA) is 21.3 Å². The summed E-state index contributed by atoms with van der Waals surface area (Å²) in [4.78, 5) is 0. The third kappa shape index (κ3) is 8.52. The SMILES string of the molecule is CCCCCC(CCOCCC)NC. The van der Waals surface area contributed by atoms with Gasteiger partial charge in [-0.15, -0.1) is 0 Å². The first kappa shape index (κ1) is 13.9. The Morgan fingerprint density at radius 1 is 1.00 bits per heavy atom. The Balaban J connectivity index is 3.28. The average molecular weight is 201 g/mol. The Labute approximate surface area is 89.4 Å². The molecular weight excluding hydrogens is 174 g/mol. The van der Waals surface area contributed by atoms with Crippen molar-refractivity contribution < 1.29 is 4.74 Å². The summed E-state index contributed by atoms with van der Waals surface area (Å²) in [6.45, 7) is 6.21. The second-order valence-electron chi connectivity index (χ2n) is 3.88. The molecule has 0 rings (SSSR count). The van der Waals surface area contributed by atoms with Crippen molar-refractivity contribution in [2.75, 3.05) is 20.3 Å². The summed E-state index contributed by atoms with van der Waals surface area (Å²) in [5, 5.41) is 3.36. The molecule has 0 aliphatic carbocycles. The summed E-state index contributed by atoms with van der Waals surface area (Å²) in [5.41, 5.74) is 0. The van der Waals surface area contributed by atoms with Gasteiger partial charge in [0, 0.05) is 19.3 Å². The largest absolute Gasteiger partial charge is 0.381 e. The van der Waals surface area contributed by atoms with Crippen molar-refractivity contribution in [3.05, 3.63) is 0 Å². The molecule has 1 atom stereocenters. The monoisotopic (exact) mass is 201 g/mol. The van der Waals surface area contributed by atoms with E-state index in [0.29, 0.717) is 6.04 Å². The maximum absolute atomic E-state index is 5.48. The van der Waals surface area contributed by atoms with Gasteiger partial charge in [-0.2, -0.15) is 0 Å². The van der Waals surface area contributed by atoms with Crippen LogP contribution in [-0.2, 0) is 4.74 Å². The van der Waals surface area contributed by atoms with Crippen LogP contribution in [-0.4, -0.2) is 26.3 Å². The van der Waals surface area contributed by atoms with Gasteiger partial charge in [-0.05, 0) is 26.3 Å². The third-order valence-electron chi connectivity index (χ3n) is 2.52. The standard InChI is InChI=1S/C12H27NO/c1-4-6-7-8-12(13-3)9-11-14-10-5-2/h12-13H,4-11H2,1-3H3. The molecule has 0 aromatic heterocycles. The van der Waals surface area contributed by atoms with E-state index < -0.39 is 0 Å². The fourth-order valence-corrected chi connectivity index (χ4v) is 1.55. The molecule has 2 heteroatoms. The number of unbranched alkanes of at least 4 members (excludes halogenated alkanes) is 2. The van der Waals surface area contributed by atoms with E-state index in [-0.39, 0.29) is 0 Å². The van der Waals surface area contributed by atoms with E-state index in [2.05, 4.69) is 26.2 Å². The van der Waals surface area contributed by atoms with Crippen LogP contribution < -0.4 is 5.32 Å². The molecule has 0 spiro atoms. The molecule has 0 saturated carbocycles. The predicted octanol–water partition coefficient (Wildman–Crippen LogP) is 2.97. The molecule has 1 N–H and O–H groups in total. The molecule has 14 heavy (non-hydrogen) atoms. The van der Waals surface area contributed by atoms with Crippen molar-refractivity contribution in [1.82, 2.24) is 5.32 Å². The fraction of sp³-hybridized carbons (Fsp3) is 1.00. The van der Waals surface area contributed by atoms with E-state index in [1.807, 2.05) is 0 Å². The van der Waals surface area contributed by atoms with Crippen LogP contribution in [0.15, 0.2) is 0 Å². The van der Waals surface area contributed by atoms with Gasteiger partial charge in [0.2, 0.25) is 0 Å². The predicted molar refractivity (Wildman–Crippen MR) is 62.7 cm³/mol. The van der Waals surface area contributed by atoms with Crippen LogP contribution in [0.1, 0.15) is 52.4 Å². The van der Waals surface area contributed by atoms with Crippen molar-refractivity contribution in [2.24, 2.45) is 0 Å². The van der Waals surface area contributed by atoms with Crippen LogP contribution in [0.3, 0.4) is 0 Å². The highest BCUT2D eigenvalue weighted by molar-refractivity contribution is 4.63. The lowest BCUT2D eigenvalue weighted by atomic mass is 10.1. The van der Waals surface area contributed by atoms with Crippen molar-refractivity contribution in [3.8, 4) is 0 Å². The summed E-state index contributed by atoms with van der Waals surface area (Å²) in [6.07, 6.45) is 7.58. The molecule has 86 valence electrons. The fourth-order valence-electron chi connectivity index (χ4n) is 1.55. The van der Waals surface area contributed by atoms with Gasteiger partial charge in [-0.1, -0.05) is 33.1 Å². The van der Waals surface area contributed by atoms with Gasteiger partial charge in [-0.25, -0.2) is 0 Å². The van der Waals surface area contributed by atoms with Crippen LogP contribution in [0.2, 0.25) is 0 Å². The molecule has 0 fully saturated rings. The van der Waals surface area contributed by atoms with E-state index in [9.17, 15) is 0 Å². The molecule has 0 heterocycles. The van der Waals surface area contributed by atoms with E-state index in [4.69, 9.17) is 4.74 Å². The van der Waals surface area contributed by atoms with Gasteiger partial charge in [0.25, 0.3) is 0 Å². The van der Waals surface area contributed by atoms with Gasteiger partial charge in [0.1, 0.15) is 0 Å². The van der Waals surface area contributed by atoms with Crippen LogP contribution in [0.5, 0.6) is 0 Å². The van der Waals surface area contributed by atoms with E-state index in [1.165, 1.54) is 25.7 Å². The molecule has 2 nitrogen and oxygen atoms in total. The highest BCUT2D eigenvalue weighted by atomic mass is 16.5. The third-order valence-corrected chi connectivity index (χ3v) is 2.52. The summed E-state index contributed by atoms with van der Waals surface area (Å²) >= 11 is 0. The number of hydrogen-bond acceptors (Lipinski definition) is 2. The van der Waals surface area contributed by atoms with E-state index >= 15 is 0 Å². The molecule has 0 bridgehead atoms. The Bertz CT molecular complexity index is 106. The number of nitrogens with one attached hydrogen (secondary N) is 1. The van der Waals surface area contributed by atoms with E-state index in [0.717, 1.165) is 26.1 Å². The molecule has 0 aliphatic rings. The summed E-state index contributed by atoms with van der Waals surface area (Å²) < 4.78 is 5.48. The highest BCUT2D eigenvalue weighted by Crippen LogP contribution is 2.06. The van der Waals surface area contributed by atoms with Crippen LogP contribution in [0.4, 0.5) is 0 Å². The molecule has 0 amide bonds. The second kappa shape index (κ2) is 11.0. The Morgan fingerprint density at radius 2 is 1.79 bits per heavy atom. The minimum Gasteiger partial charge on any atom is -0.381 e. The van der Waals surface area contributed by atoms with Gasteiger partial charge in [0.05, 0.1) is 0 Å². The maximum atomic E-state index is 5.48. The summed E-state index contributed by atoms with van der Waals surface area (Å²) in [5.74, 6) is 0. The minimum atomic E-state index is 0.651. The first-order chi connectivity index (χ1) is 6.85. The second-order valence-corrected chi connectivity index (χ2v) is 3.88. The minimum absolute atomic E-state index is 0.651. The molecule has 0 radical (unpaired) electrons. The van der Waals surface area contributed by atoms with E-state index in [1.54, 1.807) is 0 Å². The lowest BCUT2D eigenvalue weighted by Crippen LogP contribution is -2.26. The Morgan fingerprint density at radius 3 is 2.36 bits per heavy atom. The number of rotatable bonds is 10. The van der Waals surface area contributed by atoms with Crippen molar-refractivity contribution >= 4 is 0 Å². The molecule has 0 aromatic carbocycles. The van der Waals surface area contributed by atoms with Gasteiger partial charge in [-0.3, -0.25) is 0 Å². The molecular formula is C12H27NO.